The number of halogens is 1. The number of fused-ring (bicyclic) bond motifs is 2. The maximum absolute atomic E-state index is 3.69. The van der Waals surface area contributed by atoms with E-state index >= 15 is 0 Å². The molecule has 1 heteroatoms. The van der Waals surface area contributed by atoms with E-state index in [0.717, 1.165) is 4.47 Å². The molecule has 0 aromatic heterocycles. The smallest absolute Gasteiger partial charge is 0.0254 e. The first-order valence-electron chi connectivity index (χ1n) is 7.00. The van der Waals surface area contributed by atoms with Gasteiger partial charge in [0, 0.05) is 4.47 Å². The summed E-state index contributed by atoms with van der Waals surface area (Å²) in [6.07, 6.45) is 0. The molecule has 0 bridgehead atoms. The van der Waals surface area contributed by atoms with Crippen molar-refractivity contribution in [2.75, 3.05) is 0 Å². The maximum atomic E-state index is 3.69. The van der Waals surface area contributed by atoms with Crippen LogP contribution in [0.3, 0.4) is 0 Å². The summed E-state index contributed by atoms with van der Waals surface area (Å²) >= 11 is 3.69. The van der Waals surface area contributed by atoms with Crippen molar-refractivity contribution < 1.29 is 0 Å². The fourth-order valence-electron chi connectivity index (χ4n) is 2.97. The summed E-state index contributed by atoms with van der Waals surface area (Å²) in [6.45, 7) is 0. The molecule has 0 saturated heterocycles. The molecule has 0 fully saturated rings. The molecule has 0 radical (unpaired) electrons. The Balaban J connectivity index is 2.26. The van der Waals surface area contributed by atoms with Gasteiger partial charge in [-0.2, -0.15) is 0 Å². The van der Waals surface area contributed by atoms with E-state index in [1.54, 1.807) is 0 Å². The molecule has 0 heterocycles. The van der Waals surface area contributed by atoms with Gasteiger partial charge in [0.05, 0.1) is 0 Å². The second-order valence-electron chi connectivity index (χ2n) is 5.17. The van der Waals surface area contributed by atoms with Gasteiger partial charge in [-0.05, 0) is 44.8 Å². The van der Waals surface area contributed by atoms with Crippen LogP contribution >= 0.6 is 15.9 Å². The van der Waals surface area contributed by atoms with E-state index in [9.17, 15) is 0 Å². The van der Waals surface area contributed by atoms with E-state index in [0.29, 0.717) is 0 Å². The zero-order chi connectivity index (χ0) is 14.2. The molecule has 0 aliphatic rings. The van der Waals surface area contributed by atoms with Crippen molar-refractivity contribution in [3.8, 4) is 11.1 Å². The molecule has 0 spiro atoms. The molecule has 0 aliphatic carbocycles. The maximum Gasteiger partial charge on any atom is 0.0254 e. The predicted molar refractivity (Wildman–Crippen MR) is 94.6 cm³/mol. The van der Waals surface area contributed by atoms with Crippen molar-refractivity contribution in [3.63, 3.8) is 0 Å². The average molecular weight is 333 g/mol. The van der Waals surface area contributed by atoms with Crippen molar-refractivity contribution in [3.05, 3.63) is 83.3 Å². The van der Waals surface area contributed by atoms with Crippen LogP contribution in [-0.4, -0.2) is 0 Å². The first-order chi connectivity index (χ1) is 10.3. The average Bonchev–Trinajstić information content (AvgIpc) is 2.54. The van der Waals surface area contributed by atoms with Crippen LogP contribution in [0.5, 0.6) is 0 Å². The number of rotatable bonds is 1. The van der Waals surface area contributed by atoms with Crippen molar-refractivity contribution in [2.45, 2.75) is 0 Å². The molecule has 100 valence electrons. The molecule has 0 nitrogen and oxygen atoms in total. The standard InChI is InChI=1S/C20H13Br/c21-19-12-6-11-17-18(19)13-15-9-4-5-10-16(15)20(17)14-7-2-1-3-8-14/h1-13H. The minimum absolute atomic E-state index is 1.14. The lowest BCUT2D eigenvalue weighted by molar-refractivity contribution is 1.66. The minimum atomic E-state index is 1.14. The van der Waals surface area contributed by atoms with Gasteiger partial charge in [0.1, 0.15) is 0 Å². The van der Waals surface area contributed by atoms with Gasteiger partial charge in [0.15, 0.2) is 0 Å². The van der Waals surface area contributed by atoms with Crippen molar-refractivity contribution >= 4 is 37.5 Å². The molecule has 21 heavy (non-hydrogen) atoms. The molecule has 0 saturated carbocycles. The highest BCUT2D eigenvalue weighted by molar-refractivity contribution is 9.10. The van der Waals surface area contributed by atoms with Crippen LogP contribution < -0.4 is 0 Å². The van der Waals surface area contributed by atoms with Gasteiger partial charge in [0.2, 0.25) is 0 Å². The molecule has 0 atom stereocenters. The third-order valence-electron chi connectivity index (χ3n) is 3.91. The van der Waals surface area contributed by atoms with Crippen LogP contribution in [0.2, 0.25) is 0 Å². The third-order valence-corrected chi connectivity index (χ3v) is 4.61. The van der Waals surface area contributed by atoms with Gasteiger partial charge in [-0.15, -0.1) is 0 Å². The predicted octanol–water partition coefficient (Wildman–Crippen LogP) is 6.42. The molecule has 4 aromatic carbocycles. The third kappa shape index (κ3) is 2.05. The summed E-state index contributed by atoms with van der Waals surface area (Å²) < 4.78 is 1.14. The molecule has 0 unspecified atom stereocenters. The fraction of sp³-hybridized carbons (Fsp3) is 0. The van der Waals surface area contributed by atoms with E-state index in [4.69, 9.17) is 0 Å². The Bertz CT molecular complexity index is 940. The van der Waals surface area contributed by atoms with Crippen LogP contribution in [0.4, 0.5) is 0 Å². The molecular formula is C20H13Br. The summed E-state index contributed by atoms with van der Waals surface area (Å²) in [5.41, 5.74) is 2.57. The Morgan fingerprint density at radius 3 is 2.14 bits per heavy atom. The highest BCUT2D eigenvalue weighted by Crippen LogP contribution is 2.38. The summed E-state index contributed by atoms with van der Waals surface area (Å²) in [4.78, 5) is 0. The van der Waals surface area contributed by atoms with Gasteiger partial charge in [-0.3, -0.25) is 0 Å². The van der Waals surface area contributed by atoms with E-state index < -0.39 is 0 Å². The second kappa shape index (κ2) is 5.01. The Labute approximate surface area is 132 Å². The summed E-state index contributed by atoms with van der Waals surface area (Å²) in [7, 11) is 0. The van der Waals surface area contributed by atoms with Crippen molar-refractivity contribution in [1.29, 1.82) is 0 Å². The van der Waals surface area contributed by atoms with Crippen molar-refractivity contribution in [1.82, 2.24) is 0 Å². The monoisotopic (exact) mass is 332 g/mol. The molecular weight excluding hydrogens is 320 g/mol. The molecule has 0 N–H and O–H groups in total. The molecule has 0 amide bonds. The summed E-state index contributed by atoms with van der Waals surface area (Å²) in [5.74, 6) is 0. The Morgan fingerprint density at radius 2 is 1.29 bits per heavy atom. The highest BCUT2D eigenvalue weighted by Gasteiger charge is 2.10. The van der Waals surface area contributed by atoms with E-state index in [-0.39, 0.29) is 0 Å². The Kier molecular flexibility index (Phi) is 3.01. The van der Waals surface area contributed by atoms with Crippen LogP contribution in [-0.2, 0) is 0 Å². The fourth-order valence-corrected chi connectivity index (χ4v) is 3.45. The topological polar surface area (TPSA) is 0 Å². The van der Waals surface area contributed by atoms with E-state index in [1.807, 2.05) is 0 Å². The van der Waals surface area contributed by atoms with Gasteiger partial charge in [-0.1, -0.05) is 82.7 Å². The summed E-state index contributed by atoms with van der Waals surface area (Å²) in [5, 5.41) is 5.12. The quantitative estimate of drug-likeness (QED) is 0.352. The van der Waals surface area contributed by atoms with Crippen LogP contribution in [0.25, 0.3) is 32.7 Å². The van der Waals surface area contributed by atoms with Gasteiger partial charge in [0.25, 0.3) is 0 Å². The van der Waals surface area contributed by atoms with Gasteiger partial charge < -0.3 is 0 Å². The zero-order valence-electron chi connectivity index (χ0n) is 11.4. The second-order valence-corrected chi connectivity index (χ2v) is 6.03. The lowest BCUT2D eigenvalue weighted by atomic mass is 9.92. The largest absolute Gasteiger partial charge is 0.0622 e. The van der Waals surface area contributed by atoms with Crippen LogP contribution in [0.1, 0.15) is 0 Å². The first-order valence-corrected chi connectivity index (χ1v) is 7.79. The lowest BCUT2D eigenvalue weighted by Gasteiger charge is -2.13. The van der Waals surface area contributed by atoms with Gasteiger partial charge >= 0.3 is 0 Å². The van der Waals surface area contributed by atoms with Gasteiger partial charge in [-0.25, -0.2) is 0 Å². The molecule has 4 rings (SSSR count). The Morgan fingerprint density at radius 1 is 0.571 bits per heavy atom. The number of hydrogen-bond acceptors (Lipinski definition) is 0. The van der Waals surface area contributed by atoms with Crippen LogP contribution in [0, 0.1) is 0 Å². The molecule has 4 aromatic rings. The highest BCUT2D eigenvalue weighted by atomic mass is 79.9. The van der Waals surface area contributed by atoms with E-state index in [2.05, 4.69) is 94.8 Å². The lowest BCUT2D eigenvalue weighted by Crippen LogP contribution is -1.86. The SMILES string of the molecule is Brc1cccc2c(-c3ccccc3)c3ccccc3cc12. The minimum Gasteiger partial charge on any atom is -0.0622 e. The normalized spacial score (nSPS) is 11.1. The Hall–Kier alpha value is -2.12. The summed E-state index contributed by atoms with van der Waals surface area (Å²) in [6, 6.07) is 27.9. The zero-order valence-corrected chi connectivity index (χ0v) is 13.0. The molecule has 0 aliphatic heterocycles. The first kappa shape index (κ1) is 12.6. The number of benzene rings is 4. The van der Waals surface area contributed by atoms with Crippen LogP contribution in [0.15, 0.2) is 83.3 Å². The van der Waals surface area contributed by atoms with Crippen molar-refractivity contribution in [2.24, 2.45) is 0 Å². The van der Waals surface area contributed by atoms with E-state index in [1.165, 1.54) is 32.7 Å². The number of hydrogen-bond donors (Lipinski definition) is 0.